The average Bonchev–Trinajstić information content (AvgIpc) is 2.71. The van der Waals surface area contributed by atoms with Gasteiger partial charge in [-0.1, -0.05) is 6.07 Å². The first-order valence-corrected chi connectivity index (χ1v) is 5.16. The van der Waals surface area contributed by atoms with Gasteiger partial charge < -0.3 is 15.0 Å². The van der Waals surface area contributed by atoms with E-state index in [4.69, 9.17) is 0 Å². The van der Waals surface area contributed by atoms with E-state index >= 15 is 0 Å². The second-order valence-corrected chi connectivity index (χ2v) is 3.79. The average molecular weight is 231 g/mol. The molecule has 17 heavy (non-hydrogen) atoms. The highest BCUT2D eigenvalue weighted by Gasteiger charge is 2.11. The van der Waals surface area contributed by atoms with Crippen LogP contribution in [-0.4, -0.2) is 20.6 Å². The van der Waals surface area contributed by atoms with Crippen LogP contribution < -0.4 is 5.32 Å². The molecule has 2 rings (SSSR count). The van der Waals surface area contributed by atoms with Gasteiger partial charge in [0.2, 0.25) is 0 Å². The van der Waals surface area contributed by atoms with Crippen LogP contribution in [0.2, 0.25) is 0 Å². The van der Waals surface area contributed by atoms with E-state index in [-0.39, 0.29) is 11.7 Å². The van der Waals surface area contributed by atoms with Gasteiger partial charge in [-0.2, -0.15) is 0 Å². The van der Waals surface area contributed by atoms with E-state index in [0.717, 1.165) is 0 Å². The number of aromatic hydroxyl groups is 1. The van der Waals surface area contributed by atoms with Crippen LogP contribution in [0.1, 0.15) is 16.1 Å². The van der Waals surface area contributed by atoms with Gasteiger partial charge in [-0.05, 0) is 19.1 Å². The van der Waals surface area contributed by atoms with Crippen molar-refractivity contribution in [3.8, 4) is 5.75 Å². The van der Waals surface area contributed by atoms with Crippen LogP contribution in [0.15, 0.2) is 30.7 Å². The van der Waals surface area contributed by atoms with Gasteiger partial charge in [0.1, 0.15) is 11.4 Å². The Morgan fingerprint density at radius 2 is 2.24 bits per heavy atom. The molecule has 0 saturated carbocycles. The Balaban J connectivity index is 2.25. The van der Waals surface area contributed by atoms with Gasteiger partial charge in [0.25, 0.3) is 5.91 Å². The lowest BCUT2D eigenvalue weighted by atomic mass is 10.2. The molecule has 0 saturated heterocycles. The maximum Gasteiger partial charge on any atom is 0.273 e. The zero-order valence-corrected chi connectivity index (χ0v) is 9.64. The summed E-state index contributed by atoms with van der Waals surface area (Å²) in [4.78, 5) is 15.8. The third kappa shape index (κ3) is 2.13. The Hall–Kier alpha value is -2.30. The molecule has 0 aliphatic rings. The first-order valence-electron chi connectivity index (χ1n) is 5.16. The van der Waals surface area contributed by atoms with Crippen LogP contribution in [0.4, 0.5) is 5.69 Å². The van der Waals surface area contributed by atoms with Gasteiger partial charge in [0, 0.05) is 18.3 Å². The Morgan fingerprint density at radius 3 is 2.88 bits per heavy atom. The molecule has 2 N–H and O–H groups in total. The molecule has 5 heteroatoms. The molecule has 1 aromatic heterocycles. The number of hydrogen-bond acceptors (Lipinski definition) is 3. The second-order valence-electron chi connectivity index (χ2n) is 3.79. The molecular weight excluding hydrogens is 218 g/mol. The van der Waals surface area contributed by atoms with Crippen molar-refractivity contribution in [1.82, 2.24) is 9.55 Å². The number of phenols is 1. The van der Waals surface area contributed by atoms with Crippen molar-refractivity contribution in [2.24, 2.45) is 7.05 Å². The summed E-state index contributed by atoms with van der Waals surface area (Å²) >= 11 is 0. The van der Waals surface area contributed by atoms with Crippen molar-refractivity contribution in [2.45, 2.75) is 6.92 Å². The maximum absolute atomic E-state index is 11.9. The third-order valence-corrected chi connectivity index (χ3v) is 2.60. The summed E-state index contributed by atoms with van der Waals surface area (Å²) in [6.07, 6.45) is 3.05. The minimum atomic E-state index is -0.251. The summed E-state index contributed by atoms with van der Waals surface area (Å²) in [7, 11) is 1.75. The van der Waals surface area contributed by atoms with Crippen LogP contribution in [-0.2, 0) is 7.05 Å². The second kappa shape index (κ2) is 4.29. The number of carbonyl (C=O) groups is 1. The number of amides is 1. The number of aryl methyl sites for hydroxylation is 1. The lowest BCUT2D eigenvalue weighted by Crippen LogP contribution is -2.15. The number of rotatable bonds is 2. The number of benzene rings is 1. The molecule has 0 unspecified atom stereocenters. The van der Waals surface area contributed by atoms with E-state index in [1.165, 1.54) is 6.20 Å². The molecule has 0 aliphatic heterocycles. The Morgan fingerprint density at radius 1 is 1.47 bits per heavy atom. The number of phenolic OH excluding ortho intramolecular Hbond substituents is 1. The summed E-state index contributed by atoms with van der Waals surface area (Å²) in [6.45, 7) is 1.74. The van der Waals surface area contributed by atoms with Crippen molar-refractivity contribution in [1.29, 1.82) is 0 Å². The van der Waals surface area contributed by atoms with Gasteiger partial charge in [-0.25, -0.2) is 4.98 Å². The van der Waals surface area contributed by atoms with Crippen molar-refractivity contribution in [2.75, 3.05) is 5.32 Å². The number of imidazole rings is 1. The van der Waals surface area contributed by atoms with E-state index in [0.29, 0.717) is 16.9 Å². The third-order valence-electron chi connectivity index (χ3n) is 2.60. The normalized spacial score (nSPS) is 10.2. The van der Waals surface area contributed by atoms with E-state index in [1.54, 1.807) is 43.1 Å². The molecule has 0 bridgehead atoms. The van der Waals surface area contributed by atoms with Crippen molar-refractivity contribution < 1.29 is 9.90 Å². The first kappa shape index (κ1) is 11.2. The molecule has 0 aliphatic carbocycles. The number of nitrogens with zero attached hydrogens (tertiary/aromatic N) is 2. The number of aromatic nitrogens is 2. The fourth-order valence-electron chi connectivity index (χ4n) is 1.52. The van der Waals surface area contributed by atoms with Gasteiger partial charge in [-0.15, -0.1) is 0 Å². The van der Waals surface area contributed by atoms with Crippen LogP contribution in [0, 0.1) is 6.92 Å². The highest BCUT2D eigenvalue weighted by molar-refractivity contribution is 6.03. The number of carbonyl (C=O) groups excluding carboxylic acids is 1. The van der Waals surface area contributed by atoms with Crippen LogP contribution >= 0.6 is 0 Å². The van der Waals surface area contributed by atoms with Crippen molar-refractivity contribution >= 4 is 11.6 Å². The fraction of sp³-hybridized carbons (Fsp3) is 0.167. The predicted molar refractivity (Wildman–Crippen MR) is 64.0 cm³/mol. The smallest absolute Gasteiger partial charge is 0.273 e. The van der Waals surface area contributed by atoms with Gasteiger partial charge in [0.05, 0.1) is 12.5 Å². The van der Waals surface area contributed by atoms with E-state index in [1.807, 2.05) is 0 Å². The summed E-state index contributed by atoms with van der Waals surface area (Å²) in [5.74, 6) is -0.0912. The largest absolute Gasteiger partial charge is 0.508 e. The minimum absolute atomic E-state index is 0.160. The Labute approximate surface area is 98.7 Å². The molecule has 0 spiro atoms. The van der Waals surface area contributed by atoms with E-state index in [2.05, 4.69) is 10.3 Å². The first-order chi connectivity index (χ1) is 8.09. The summed E-state index contributed by atoms with van der Waals surface area (Å²) in [5.41, 5.74) is 1.70. The van der Waals surface area contributed by atoms with Crippen molar-refractivity contribution in [3.63, 3.8) is 0 Å². The fourth-order valence-corrected chi connectivity index (χ4v) is 1.52. The van der Waals surface area contributed by atoms with Crippen LogP contribution in [0.25, 0.3) is 0 Å². The molecule has 0 fully saturated rings. The van der Waals surface area contributed by atoms with Crippen LogP contribution in [0.5, 0.6) is 5.75 Å². The van der Waals surface area contributed by atoms with E-state index < -0.39 is 0 Å². The van der Waals surface area contributed by atoms with Gasteiger partial charge >= 0.3 is 0 Å². The summed E-state index contributed by atoms with van der Waals surface area (Å²) in [5, 5.41) is 12.3. The highest BCUT2D eigenvalue weighted by atomic mass is 16.3. The standard InChI is InChI=1S/C12H13N3O2/c1-8-9(4-3-5-11(8)16)14-12(17)10-6-13-7-15(10)2/h3-7,16H,1-2H3,(H,14,17). The highest BCUT2D eigenvalue weighted by Crippen LogP contribution is 2.24. The minimum Gasteiger partial charge on any atom is -0.508 e. The molecule has 1 heterocycles. The Kier molecular flexibility index (Phi) is 2.82. The topological polar surface area (TPSA) is 67.2 Å². The number of nitrogens with one attached hydrogen (secondary N) is 1. The van der Waals surface area contributed by atoms with Crippen LogP contribution in [0.3, 0.4) is 0 Å². The van der Waals surface area contributed by atoms with Gasteiger partial charge in [0.15, 0.2) is 0 Å². The maximum atomic E-state index is 11.9. The Bertz CT molecular complexity index is 561. The monoisotopic (exact) mass is 231 g/mol. The van der Waals surface area contributed by atoms with Crippen molar-refractivity contribution in [3.05, 3.63) is 42.0 Å². The number of anilines is 1. The predicted octanol–water partition coefficient (Wildman–Crippen LogP) is 1.69. The molecule has 88 valence electrons. The lowest BCUT2D eigenvalue weighted by molar-refractivity contribution is 0.101. The zero-order valence-electron chi connectivity index (χ0n) is 9.64. The molecule has 5 nitrogen and oxygen atoms in total. The summed E-state index contributed by atoms with van der Waals surface area (Å²) in [6, 6.07) is 5.00. The summed E-state index contributed by atoms with van der Waals surface area (Å²) < 4.78 is 1.63. The molecule has 1 aromatic carbocycles. The quantitative estimate of drug-likeness (QED) is 0.826. The lowest BCUT2D eigenvalue weighted by Gasteiger charge is -2.09. The molecule has 1 amide bonds. The SMILES string of the molecule is Cc1c(O)cccc1NC(=O)c1cncn1C. The molecule has 0 atom stereocenters. The van der Waals surface area contributed by atoms with Gasteiger partial charge in [-0.3, -0.25) is 4.79 Å². The molecular formula is C12H13N3O2. The number of hydrogen-bond donors (Lipinski definition) is 2. The van der Waals surface area contributed by atoms with E-state index in [9.17, 15) is 9.90 Å². The zero-order chi connectivity index (χ0) is 12.4. The molecule has 2 aromatic rings. The molecule has 0 radical (unpaired) electrons.